The Balaban J connectivity index is 2.35. The Bertz CT molecular complexity index is 364. The van der Waals surface area contributed by atoms with Crippen LogP contribution in [0.2, 0.25) is 5.02 Å². The van der Waals surface area contributed by atoms with E-state index in [0.717, 1.165) is 23.4 Å². The fourth-order valence-electron chi connectivity index (χ4n) is 1.63. The van der Waals surface area contributed by atoms with Gasteiger partial charge in [-0.15, -0.1) is 0 Å². The third-order valence-electron chi connectivity index (χ3n) is 2.75. The number of carbonyl (C=O) groups excluding carboxylic acids is 1. The van der Waals surface area contributed by atoms with Crippen molar-refractivity contribution >= 4 is 17.5 Å². The fraction of sp³-hybridized carbons (Fsp3) is 0.462. The summed E-state index contributed by atoms with van der Waals surface area (Å²) < 4.78 is 0. The van der Waals surface area contributed by atoms with Crippen LogP contribution in [0.1, 0.15) is 18.9 Å². The number of hydrogen-bond acceptors (Lipinski definition) is 2. The van der Waals surface area contributed by atoms with E-state index in [1.165, 1.54) is 0 Å². The first-order valence-electron chi connectivity index (χ1n) is 5.89. The molecule has 1 unspecified atom stereocenters. The van der Waals surface area contributed by atoms with Gasteiger partial charge in [0.15, 0.2) is 0 Å². The van der Waals surface area contributed by atoms with Gasteiger partial charge in [-0.05, 0) is 30.5 Å². The van der Waals surface area contributed by atoms with E-state index < -0.39 is 0 Å². The Morgan fingerprint density at radius 1 is 1.53 bits per heavy atom. The van der Waals surface area contributed by atoms with Gasteiger partial charge in [0.2, 0.25) is 5.91 Å². The maximum atomic E-state index is 11.6. The van der Waals surface area contributed by atoms with Gasteiger partial charge in [0, 0.05) is 24.0 Å². The Morgan fingerprint density at radius 2 is 2.29 bits per heavy atom. The molecule has 0 heterocycles. The van der Waals surface area contributed by atoms with Crippen molar-refractivity contribution in [3.8, 4) is 0 Å². The number of carbonyl (C=O) groups is 1. The minimum Gasteiger partial charge on any atom is -0.355 e. The molecular formula is C13H19ClN2O. The van der Waals surface area contributed by atoms with E-state index in [1.807, 2.05) is 31.2 Å². The van der Waals surface area contributed by atoms with Crippen LogP contribution in [0.25, 0.3) is 0 Å². The maximum absolute atomic E-state index is 11.6. The normalized spacial score (nSPS) is 12.2. The van der Waals surface area contributed by atoms with E-state index in [1.54, 1.807) is 0 Å². The zero-order valence-electron chi connectivity index (χ0n) is 10.1. The van der Waals surface area contributed by atoms with Crippen LogP contribution in [0.5, 0.6) is 0 Å². The number of benzene rings is 1. The molecule has 0 aliphatic rings. The number of amides is 1. The van der Waals surface area contributed by atoms with Gasteiger partial charge in [-0.1, -0.05) is 30.7 Å². The van der Waals surface area contributed by atoms with E-state index in [9.17, 15) is 4.79 Å². The van der Waals surface area contributed by atoms with E-state index >= 15 is 0 Å². The predicted octanol–water partition coefficient (Wildman–Crippen LogP) is 1.98. The van der Waals surface area contributed by atoms with Crippen LogP contribution in [0.4, 0.5) is 0 Å². The molecule has 0 aliphatic carbocycles. The van der Waals surface area contributed by atoms with Crippen LogP contribution in [-0.4, -0.2) is 19.0 Å². The molecule has 1 aromatic rings. The minimum absolute atomic E-state index is 0.0389. The van der Waals surface area contributed by atoms with E-state index in [0.29, 0.717) is 13.1 Å². The van der Waals surface area contributed by atoms with Crippen LogP contribution in [0.15, 0.2) is 24.3 Å². The SMILES string of the molecule is CCC(CN)C(=O)NCCc1cccc(Cl)c1. The Morgan fingerprint density at radius 3 is 2.88 bits per heavy atom. The molecule has 0 spiro atoms. The Kier molecular flexibility index (Phi) is 6.01. The molecule has 0 aliphatic heterocycles. The second kappa shape index (κ2) is 7.30. The molecule has 17 heavy (non-hydrogen) atoms. The Labute approximate surface area is 107 Å². The Hall–Kier alpha value is -1.06. The van der Waals surface area contributed by atoms with Crippen molar-refractivity contribution in [3.63, 3.8) is 0 Å². The lowest BCUT2D eigenvalue weighted by Crippen LogP contribution is -2.35. The molecule has 1 amide bonds. The molecule has 1 aromatic carbocycles. The molecule has 0 radical (unpaired) electrons. The summed E-state index contributed by atoms with van der Waals surface area (Å²) in [7, 11) is 0. The molecule has 0 saturated carbocycles. The average Bonchev–Trinajstić information content (AvgIpc) is 2.30. The highest BCUT2D eigenvalue weighted by molar-refractivity contribution is 6.30. The summed E-state index contributed by atoms with van der Waals surface area (Å²) in [5.74, 6) is -0.0358. The third-order valence-corrected chi connectivity index (χ3v) is 2.99. The van der Waals surface area contributed by atoms with E-state index in [2.05, 4.69) is 5.32 Å². The zero-order chi connectivity index (χ0) is 12.7. The first-order chi connectivity index (χ1) is 8.17. The van der Waals surface area contributed by atoms with Crippen molar-refractivity contribution in [1.82, 2.24) is 5.32 Å². The minimum atomic E-state index is -0.0747. The van der Waals surface area contributed by atoms with Gasteiger partial charge in [-0.25, -0.2) is 0 Å². The van der Waals surface area contributed by atoms with Crippen molar-refractivity contribution in [3.05, 3.63) is 34.9 Å². The van der Waals surface area contributed by atoms with Crippen LogP contribution in [0.3, 0.4) is 0 Å². The van der Waals surface area contributed by atoms with Gasteiger partial charge in [-0.2, -0.15) is 0 Å². The van der Waals surface area contributed by atoms with Gasteiger partial charge in [0.05, 0.1) is 0 Å². The molecule has 3 nitrogen and oxygen atoms in total. The molecule has 3 N–H and O–H groups in total. The lowest BCUT2D eigenvalue weighted by atomic mass is 10.1. The summed E-state index contributed by atoms with van der Waals surface area (Å²) in [6, 6.07) is 7.66. The molecule has 0 bridgehead atoms. The number of hydrogen-bond donors (Lipinski definition) is 2. The second-order valence-electron chi connectivity index (χ2n) is 4.01. The lowest BCUT2D eigenvalue weighted by molar-refractivity contribution is -0.124. The summed E-state index contributed by atoms with van der Waals surface area (Å²) in [4.78, 5) is 11.6. The van der Waals surface area contributed by atoms with E-state index in [-0.39, 0.29) is 11.8 Å². The maximum Gasteiger partial charge on any atom is 0.224 e. The van der Waals surface area contributed by atoms with Crippen LogP contribution < -0.4 is 11.1 Å². The molecular weight excluding hydrogens is 236 g/mol. The first kappa shape index (κ1) is 14.0. The van der Waals surface area contributed by atoms with Crippen molar-refractivity contribution < 1.29 is 4.79 Å². The summed E-state index contributed by atoms with van der Waals surface area (Å²) in [6.45, 7) is 2.99. The predicted molar refractivity (Wildman–Crippen MR) is 71.0 cm³/mol. The monoisotopic (exact) mass is 254 g/mol. The molecule has 0 aromatic heterocycles. The van der Waals surface area contributed by atoms with Crippen molar-refractivity contribution in [2.24, 2.45) is 11.7 Å². The highest BCUT2D eigenvalue weighted by Crippen LogP contribution is 2.10. The second-order valence-corrected chi connectivity index (χ2v) is 4.45. The first-order valence-corrected chi connectivity index (χ1v) is 6.27. The van der Waals surface area contributed by atoms with Gasteiger partial charge < -0.3 is 11.1 Å². The summed E-state index contributed by atoms with van der Waals surface area (Å²) in [5.41, 5.74) is 6.63. The standard InChI is InChI=1S/C13H19ClN2O/c1-2-11(9-15)13(17)16-7-6-10-4-3-5-12(14)8-10/h3-5,8,11H,2,6-7,9,15H2,1H3,(H,16,17). The number of halogens is 1. The summed E-state index contributed by atoms with van der Waals surface area (Å²) in [5, 5.41) is 3.61. The molecule has 1 rings (SSSR count). The molecule has 1 atom stereocenters. The molecule has 0 saturated heterocycles. The van der Waals surface area contributed by atoms with Crippen LogP contribution in [-0.2, 0) is 11.2 Å². The van der Waals surface area contributed by atoms with E-state index in [4.69, 9.17) is 17.3 Å². The highest BCUT2D eigenvalue weighted by Gasteiger charge is 2.13. The van der Waals surface area contributed by atoms with Gasteiger partial charge >= 0.3 is 0 Å². The van der Waals surface area contributed by atoms with Crippen LogP contribution >= 0.6 is 11.6 Å². The van der Waals surface area contributed by atoms with Gasteiger partial charge in [0.25, 0.3) is 0 Å². The summed E-state index contributed by atoms with van der Waals surface area (Å²) >= 11 is 5.88. The van der Waals surface area contributed by atoms with Crippen molar-refractivity contribution in [2.45, 2.75) is 19.8 Å². The quantitative estimate of drug-likeness (QED) is 0.816. The van der Waals surface area contributed by atoms with Gasteiger partial charge in [-0.3, -0.25) is 4.79 Å². The molecule has 94 valence electrons. The van der Waals surface area contributed by atoms with Crippen molar-refractivity contribution in [2.75, 3.05) is 13.1 Å². The third kappa shape index (κ3) is 4.75. The molecule has 4 heteroatoms. The molecule has 0 fully saturated rings. The van der Waals surface area contributed by atoms with Crippen LogP contribution in [0, 0.1) is 5.92 Å². The lowest BCUT2D eigenvalue weighted by Gasteiger charge is -2.12. The number of nitrogens with one attached hydrogen (secondary N) is 1. The van der Waals surface area contributed by atoms with Crippen molar-refractivity contribution in [1.29, 1.82) is 0 Å². The largest absolute Gasteiger partial charge is 0.355 e. The smallest absolute Gasteiger partial charge is 0.224 e. The average molecular weight is 255 g/mol. The zero-order valence-corrected chi connectivity index (χ0v) is 10.8. The van der Waals surface area contributed by atoms with Gasteiger partial charge in [0.1, 0.15) is 0 Å². The topological polar surface area (TPSA) is 55.1 Å². The fourth-order valence-corrected chi connectivity index (χ4v) is 1.84. The summed E-state index contributed by atoms with van der Waals surface area (Å²) in [6.07, 6.45) is 1.56. The number of rotatable bonds is 6. The highest BCUT2D eigenvalue weighted by atomic mass is 35.5. The number of nitrogens with two attached hydrogens (primary N) is 1.